The number of aromatic nitrogens is 1. The maximum absolute atomic E-state index is 12.7. The van der Waals surface area contributed by atoms with Gasteiger partial charge in [0.15, 0.2) is 0 Å². The fourth-order valence-electron chi connectivity index (χ4n) is 2.09. The van der Waals surface area contributed by atoms with Gasteiger partial charge in [-0.2, -0.15) is 0 Å². The standard InChI is InChI=1S/C14H21BrN2O3/c1-6-17(14(4,5)13(19)20)12(18)11-7-10(15)8-16(11)9(2)3/h7-9H,6H2,1-5H3,(H,19,20). The molecule has 0 saturated heterocycles. The van der Waals surface area contributed by atoms with Gasteiger partial charge in [-0.25, -0.2) is 4.79 Å². The number of nitrogens with zero attached hydrogens (tertiary/aromatic N) is 2. The molecular formula is C14H21BrN2O3. The van der Waals surface area contributed by atoms with Crippen LogP contribution in [-0.2, 0) is 4.79 Å². The van der Waals surface area contributed by atoms with E-state index in [0.717, 1.165) is 4.47 Å². The Morgan fingerprint density at radius 1 is 1.45 bits per heavy atom. The quantitative estimate of drug-likeness (QED) is 0.892. The summed E-state index contributed by atoms with van der Waals surface area (Å²) in [6.45, 7) is 9.13. The van der Waals surface area contributed by atoms with Crippen LogP contribution in [0.5, 0.6) is 0 Å². The normalized spacial score (nSPS) is 11.8. The van der Waals surface area contributed by atoms with Crippen molar-refractivity contribution in [1.82, 2.24) is 9.47 Å². The lowest BCUT2D eigenvalue weighted by atomic mass is 10.0. The van der Waals surface area contributed by atoms with E-state index in [4.69, 9.17) is 0 Å². The Hall–Kier alpha value is -1.30. The average molecular weight is 345 g/mol. The molecule has 1 aromatic heterocycles. The minimum Gasteiger partial charge on any atom is -0.480 e. The molecule has 0 bridgehead atoms. The fraction of sp³-hybridized carbons (Fsp3) is 0.571. The molecule has 1 N–H and O–H groups in total. The summed E-state index contributed by atoms with van der Waals surface area (Å²) in [5.41, 5.74) is -0.757. The lowest BCUT2D eigenvalue weighted by Gasteiger charge is -2.34. The van der Waals surface area contributed by atoms with Crippen molar-refractivity contribution in [1.29, 1.82) is 0 Å². The Labute approximate surface area is 127 Å². The molecule has 20 heavy (non-hydrogen) atoms. The highest BCUT2D eigenvalue weighted by Crippen LogP contribution is 2.24. The van der Waals surface area contributed by atoms with Gasteiger partial charge in [-0.15, -0.1) is 0 Å². The van der Waals surface area contributed by atoms with E-state index in [1.165, 1.54) is 18.7 Å². The molecule has 0 aliphatic heterocycles. The Morgan fingerprint density at radius 3 is 2.40 bits per heavy atom. The average Bonchev–Trinajstić information content (AvgIpc) is 2.71. The van der Waals surface area contributed by atoms with E-state index >= 15 is 0 Å². The van der Waals surface area contributed by atoms with Gasteiger partial charge >= 0.3 is 5.97 Å². The zero-order valence-corrected chi connectivity index (χ0v) is 14.1. The van der Waals surface area contributed by atoms with Crippen LogP contribution in [0.4, 0.5) is 0 Å². The van der Waals surface area contributed by atoms with Crippen LogP contribution in [0.3, 0.4) is 0 Å². The van der Waals surface area contributed by atoms with Crippen molar-refractivity contribution in [2.75, 3.05) is 6.54 Å². The lowest BCUT2D eigenvalue weighted by molar-refractivity contribution is -0.147. The first-order valence-electron chi connectivity index (χ1n) is 6.55. The third-order valence-corrected chi connectivity index (χ3v) is 3.78. The summed E-state index contributed by atoms with van der Waals surface area (Å²) < 4.78 is 2.64. The van der Waals surface area contributed by atoms with Crippen LogP contribution in [0.15, 0.2) is 16.7 Å². The highest BCUT2D eigenvalue weighted by Gasteiger charge is 2.38. The van der Waals surface area contributed by atoms with Gasteiger partial charge in [0.2, 0.25) is 0 Å². The highest BCUT2D eigenvalue weighted by molar-refractivity contribution is 9.10. The summed E-state index contributed by atoms with van der Waals surface area (Å²) in [4.78, 5) is 25.4. The van der Waals surface area contributed by atoms with Gasteiger partial charge in [-0.3, -0.25) is 4.79 Å². The number of carbonyl (C=O) groups excluding carboxylic acids is 1. The maximum atomic E-state index is 12.7. The predicted octanol–water partition coefficient (Wildman–Crippen LogP) is 3.16. The Kier molecular flexibility index (Phi) is 5.02. The fourth-order valence-corrected chi connectivity index (χ4v) is 2.53. The summed E-state index contributed by atoms with van der Waals surface area (Å²) in [6, 6.07) is 1.84. The second kappa shape index (κ2) is 5.99. The molecule has 1 heterocycles. The molecule has 0 spiro atoms. The van der Waals surface area contributed by atoms with E-state index in [0.29, 0.717) is 12.2 Å². The molecule has 1 amide bonds. The zero-order chi connectivity index (χ0) is 15.7. The van der Waals surface area contributed by atoms with Gasteiger partial charge in [0.1, 0.15) is 11.2 Å². The van der Waals surface area contributed by atoms with Crippen molar-refractivity contribution >= 4 is 27.8 Å². The van der Waals surface area contributed by atoms with E-state index in [9.17, 15) is 14.7 Å². The molecule has 0 saturated carbocycles. The topological polar surface area (TPSA) is 62.5 Å². The van der Waals surface area contributed by atoms with E-state index < -0.39 is 11.5 Å². The molecule has 0 radical (unpaired) electrons. The van der Waals surface area contributed by atoms with E-state index in [2.05, 4.69) is 15.9 Å². The first kappa shape index (κ1) is 16.8. The van der Waals surface area contributed by atoms with Gasteiger partial charge in [0, 0.05) is 23.3 Å². The number of carbonyl (C=O) groups is 2. The largest absolute Gasteiger partial charge is 0.480 e. The van der Waals surface area contributed by atoms with Crippen LogP contribution < -0.4 is 0 Å². The van der Waals surface area contributed by atoms with Gasteiger partial charge in [0.05, 0.1) is 0 Å². The third-order valence-electron chi connectivity index (χ3n) is 3.35. The van der Waals surface area contributed by atoms with Crippen molar-refractivity contribution in [2.24, 2.45) is 0 Å². The van der Waals surface area contributed by atoms with Crippen LogP contribution in [0, 0.1) is 0 Å². The molecule has 5 nitrogen and oxygen atoms in total. The predicted molar refractivity (Wildman–Crippen MR) is 80.9 cm³/mol. The Balaban J connectivity index is 3.25. The molecule has 0 fully saturated rings. The third kappa shape index (κ3) is 3.06. The second-order valence-corrected chi connectivity index (χ2v) is 6.37. The van der Waals surface area contributed by atoms with Gasteiger partial charge < -0.3 is 14.6 Å². The number of amides is 1. The molecule has 1 aromatic rings. The van der Waals surface area contributed by atoms with Crippen LogP contribution in [0.25, 0.3) is 0 Å². The monoisotopic (exact) mass is 344 g/mol. The minimum absolute atomic E-state index is 0.117. The van der Waals surface area contributed by atoms with Crippen molar-refractivity contribution in [2.45, 2.75) is 46.2 Å². The van der Waals surface area contributed by atoms with Crippen LogP contribution in [-0.4, -0.2) is 38.5 Å². The number of halogens is 1. The Morgan fingerprint density at radius 2 is 2.00 bits per heavy atom. The SMILES string of the molecule is CCN(C(=O)c1cc(Br)cn1C(C)C)C(C)(C)C(=O)O. The van der Waals surface area contributed by atoms with Crippen molar-refractivity contribution in [3.63, 3.8) is 0 Å². The summed E-state index contributed by atoms with van der Waals surface area (Å²) in [5, 5.41) is 9.31. The van der Waals surface area contributed by atoms with Crippen LogP contribution in [0.1, 0.15) is 51.1 Å². The van der Waals surface area contributed by atoms with Crippen molar-refractivity contribution in [3.05, 3.63) is 22.4 Å². The number of hydrogen-bond donors (Lipinski definition) is 1. The summed E-state index contributed by atoms with van der Waals surface area (Å²) in [6.07, 6.45) is 1.83. The molecule has 0 aliphatic rings. The zero-order valence-electron chi connectivity index (χ0n) is 12.5. The molecule has 6 heteroatoms. The van der Waals surface area contributed by atoms with Gasteiger partial charge in [-0.05, 0) is 56.6 Å². The maximum Gasteiger partial charge on any atom is 0.329 e. The molecule has 0 unspecified atom stereocenters. The highest BCUT2D eigenvalue weighted by atomic mass is 79.9. The van der Waals surface area contributed by atoms with E-state index in [-0.39, 0.29) is 11.9 Å². The molecular weight excluding hydrogens is 324 g/mol. The number of carboxylic acid groups (broad SMARTS) is 1. The number of likely N-dealkylation sites (N-methyl/N-ethyl adjacent to an activating group) is 1. The van der Waals surface area contributed by atoms with Crippen LogP contribution >= 0.6 is 15.9 Å². The molecule has 112 valence electrons. The number of hydrogen-bond acceptors (Lipinski definition) is 2. The second-order valence-electron chi connectivity index (χ2n) is 5.46. The number of carboxylic acids is 1. The summed E-state index contributed by atoms with van der Waals surface area (Å²) >= 11 is 3.36. The van der Waals surface area contributed by atoms with Crippen LogP contribution in [0.2, 0.25) is 0 Å². The van der Waals surface area contributed by atoms with Gasteiger partial charge in [-0.1, -0.05) is 0 Å². The molecule has 0 aliphatic carbocycles. The van der Waals surface area contributed by atoms with Crippen molar-refractivity contribution < 1.29 is 14.7 Å². The van der Waals surface area contributed by atoms with E-state index in [1.54, 1.807) is 13.0 Å². The van der Waals surface area contributed by atoms with E-state index in [1.807, 2.05) is 24.6 Å². The first-order valence-corrected chi connectivity index (χ1v) is 7.35. The molecule has 0 aromatic carbocycles. The van der Waals surface area contributed by atoms with Gasteiger partial charge in [0.25, 0.3) is 5.91 Å². The molecule has 1 rings (SSSR count). The smallest absolute Gasteiger partial charge is 0.329 e. The lowest BCUT2D eigenvalue weighted by Crippen LogP contribution is -2.53. The summed E-state index contributed by atoms with van der Waals surface area (Å²) in [7, 11) is 0. The number of rotatable bonds is 5. The van der Waals surface area contributed by atoms with Crippen molar-refractivity contribution in [3.8, 4) is 0 Å². The summed E-state index contributed by atoms with van der Waals surface area (Å²) in [5.74, 6) is -1.30. The number of aliphatic carboxylic acids is 1. The minimum atomic E-state index is -1.25. The Bertz CT molecular complexity index is 520. The molecule has 0 atom stereocenters. The first-order chi connectivity index (χ1) is 9.12.